The van der Waals surface area contributed by atoms with Gasteiger partial charge in [0.2, 0.25) is 0 Å². The molecule has 0 unspecified atom stereocenters. The van der Waals surface area contributed by atoms with E-state index >= 15 is 0 Å². The highest BCUT2D eigenvalue weighted by Gasteiger charge is 2.11. The van der Waals surface area contributed by atoms with E-state index in [2.05, 4.69) is 19.2 Å². The van der Waals surface area contributed by atoms with Gasteiger partial charge in [-0.25, -0.2) is 0 Å². The molecule has 2 rings (SSSR count). The van der Waals surface area contributed by atoms with Gasteiger partial charge >= 0.3 is 0 Å². The van der Waals surface area contributed by atoms with Crippen LogP contribution in [0.1, 0.15) is 11.8 Å². The normalized spacial score (nSPS) is 11.0. The predicted molar refractivity (Wildman–Crippen MR) is 64.6 cm³/mol. The molecule has 2 aromatic rings. The van der Waals surface area contributed by atoms with Crippen LogP contribution in [0.4, 0.5) is 0 Å². The largest absolute Gasteiger partial charge is 0.506 e. The Bertz CT molecular complexity index is 460. The van der Waals surface area contributed by atoms with E-state index < -0.39 is 0 Å². The zero-order chi connectivity index (χ0) is 10.1. The molecular weight excluding hydrogens is 212 g/mol. The van der Waals surface area contributed by atoms with E-state index in [1.165, 1.54) is 15.2 Å². The molecule has 1 aromatic carbocycles. The molecule has 0 amide bonds. The highest BCUT2D eigenvalue weighted by atomic mass is 32.2. The minimum absolute atomic E-state index is 0.405. The van der Waals surface area contributed by atoms with Crippen LogP contribution in [0.15, 0.2) is 23.1 Å². The van der Waals surface area contributed by atoms with Crippen LogP contribution in [0.5, 0.6) is 5.75 Å². The van der Waals surface area contributed by atoms with Crippen LogP contribution in [0, 0.1) is 0 Å². The summed E-state index contributed by atoms with van der Waals surface area (Å²) in [6.45, 7) is 2.15. The zero-order valence-electron chi connectivity index (χ0n) is 8.20. The topological polar surface area (TPSA) is 20.2 Å². The highest BCUT2D eigenvalue weighted by molar-refractivity contribution is 7.99. The van der Waals surface area contributed by atoms with Crippen molar-refractivity contribution in [3.63, 3.8) is 0 Å². The number of phenolic OH excluding ortho intramolecular Hbond substituents is 1. The smallest absolute Gasteiger partial charge is 0.133 e. The van der Waals surface area contributed by atoms with Crippen molar-refractivity contribution in [3.05, 3.63) is 23.1 Å². The summed E-state index contributed by atoms with van der Waals surface area (Å²) in [6, 6.07) is 5.74. The third-order valence-electron chi connectivity index (χ3n) is 2.24. The van der Waals surface area contributed by atoms with E-state index in [0.717, 1.165) is 11.1 Å². The number of thiophene rings is 1. The second-order valence-electron chi connectivity index (χ2n) is 3.07. The van der Waals surface area contributed by atoms with Crippen molar-refractivity contribution < 1.29 is 5.11 Å². The Kier molecular flexibility index (Phi) is 2.70. The molecule has 1 aromatic heterocycles. The maximum absolute atomic E-state index is 9.70. The first kappa shape index (κ1) is 9.87. The number of benzene rings is 1. The second kappa shape index (κ2) is 3.83. The van der Waals surface area contributed by atoms with Gasteiger partial charge in [0.1, 0.15) is 5.75 Å². The van der Waals surface area contributed by atoms with Crippen molar-refractivity contribution >= 4 is 33.2 Å². The van der Waals surface area contributed by atoms with Crippen molar-refractivity contribution in [3.8, 4) is 5.75 Å². The van der Waals surface area contributed by atoms with Crippen LogP contribution in [0.3, 0.4) is 0 Å². The molecule has 0 bridgehead atoms. The van der Waals surface area contributed by atoms with Crippen LogP contribution in [0.25, 0.3) is 10.1 Å². The first-order valence-corrected chi connectivity index (χ1v) is 6.59. The van der Waals surface area contributed by atoms with Crippen molar-refractivity contribution in [2.75, 3.05) is 6.26 Å². The zero-order valence-corrected chi connectivity index (χ0v) is 9.84. The maximum Gasteiger partial charge on any atom is 0.133 e. The third-order valence-corrected chi connectivity index (χ3v) is 4.62. The lowest BCUT2D eigenvalue weighted by atomic mass is 10.2. The Morgan fingerprint density at radius 1 is 1.43 bits per heavy atom. The average Bonchev–Trinajstić information content (AvgIpc) is 2.57. The van der Waals surface area contributed by atoms with Gasteiger partial charge < -0.3 is 5.11 Å². The van der Waals surface area contributed by atoms with Gasteiger partial charge in [-0.15, -0.1) is 23.1 Å². The summed E-state index contributed by atoms with van der Waals surface area (Å²) in [5.41, 5.74) is 0. The number of hydrogen-bond donors (Lipinski definition) is 1. The van der Waals surface area contributed by atoms with Gasteiger partial charge in [-0.05, 0) is 18.7 Å². The summed E-state index contributed by atoms with van der Waals surface area (Å²) < 4.78 is 1.02. The van der Waals surface area contributed by atoms with Gasteiger partial charge in [0.25, 0.3) is 0 Å². The summed E-state index contributed by atoms with van der Waals surface area (Å²) in [4.78, 5) is 2.69. The molecule has 0 saturated carbocycles. The Morgan fingerprint density at radius 2 is 2.21 bits per heavy atom. The monoisotopic (exact) mass is 224 g/mol. The molecule has 0 aliphatic heterocycles. The van der Waals surface area contributed by atoms with E-state index in [1.54, 1.807) is 29.2 Å². The Hall–Kier alpha value is -0.670. The number of rotatable bonds is 2. The number of aryl methyl sites for hydroxylation is 1. The fourth-order valence-electron chi connectivity index (χ4n) is 1.59. The first-order chi connectivity index (χ1) is 6.77. The van der Waals surface area contributed by atoms with E-state index in [4.69, 9.17) is 0 Å². The van der Waals surface area contributed by atoms with E-state index in [-0.39, 0.29) is 0 Å². The van der Waals surface area contributed by atoms with Crippen LogP contribution in [-0.2, 0) is 6.42 Å². The second-order valence-corrected chi connectivity index (χ2v) is 4.99. The minimum Gasteiger partial charge on any atom is -0.506 e. The first-order valence-electron chi connectivity index (χ1n) is 4.55. The Labute approximate surface area is 91.8 Å². The predicted octanol–water partition coefficient (Wildman–Crippen LogP) is 3.89. The molecule has 1 heterocycles. The summed E-state index contributed by atoms with van der Waals surface area (Å²) in [7, 11) is 0. The molecule has 0 atom stereocenters. The molecule has 0 fully saturated rings. The molecular formula is C11H12OS2. The minimum atomic E-state index is 0.405. The fraction of sp³-hybridized carbons (Fsp3) is 0.273. The average molecular weight is 224 g/mol. The van der Waals surface area contributed by atoms with Crippen molar-refractivity contribution in [1.29, 1.82) is 0 Å². The standard InChI is InChI=1S/C11H12OS2/c1-3-9-11(13-2)7-5-4-6-8(12)10(7)14-9/h4-6,12H,3H2,1-2H3. The number of fused-ring (bicyclic) bond motifs is 1. The summed E-state index contributed by atoms with van der Waals surface area (Å²) in [5.74, 6) is 0.405. The van der Waals surface area contributed by atoms with Crippen LogP contribution >= 0.6 is 23.1 Å². The van der Waals surface area contributed by atoms with Crippen molar-refractivity contribution in [2.24, 2.45) is 0 Å². The highest BCUT2D eigenvalue weighted by Crippen LogP contribution is 2.41. The van der Waals surface area contributed by atoms with E-state index in [0.29, 0.717) is 5.75 Å². The molecule has 1 nitrogen and oxygen atoms in total. The molecule has 1 N–H and O–H groups in total. The summed E-state index contributed by atoms with van der Waals surface area (Å²) in [5, 5.41) is 10.9. The summed E-state index contributed by atoms with van der Waals surface area (Å²) >= 11 is 3.47. The number of thioether (sulfide) groups is 1. The number of hydrogen-bond acceptors (Lipinski definition) is 3. The van der Waals surface area contributed by atoms with Gasteiger partial charge in [-0.3, -0.25) is 0 Å². The molecule has 0 radical (unpaired) electrons. The van der Waals surface area contributed by atoms with Gasteiger partial charge in [0.05, 0.1) is 4.70 Å². The van der Waals surface area contributed by atoms with E-state index in [1.807, 2.05) is 6.07 Å². The lowest BCUT2D eigenvalue weighted by Crippen LogP contribution is -1.74. The van der Waals surface area contributed by atoms with Gasteiger partial charge in [-0.2, -0.15) is 0 Å². The van der Waals surface area contributed by atoms with Gasteiger partial charge in [0.15, 0.2) is 0 Å². The lowest BCUT2D eigenvalue weighted by molar-refractivity contribution is 0.482. The molecule has 3 heteroatoms. The third kappa shape index (κ3) is 1.41. The van der Waals surface area contributed by atoms with Gasteiger partial charge in [0, 0.05) is 15.2 Å². The van der Waals surface area contributed by atoms with Crippen LogP contribution in [-0.4, -0.2) is 11.4 Å². The molecule has 0 spiro atoms. The number of aromatic hydroxyl groups is 1. The van der Waals surface area contributed by atoms with Crippen LogP contribution < -0.4 is 0 Å². The molecule has 14 heavy (non-hydrogen) atoms. The Morgan fingerprint density at radius 3 is 2.86 bits per heavy atom. The number of phenols is 1. The van der Waals surface area contributed by atoms with Crippen LogP contribution in [0.2, 0.25) is 0 Å². The van der Waals surface area contributed by atoms with Gasteiger partial charge in [-0.1, -0.05) is 19.1 Å². The quantitative estimate of drug-likeness (QED) is 0.781. The maximum atomic E-state index is 9.70. The van der Waals surface area contributed by atoms with Crippen molar-refractivity contribution in [2.45, 2.75) is 18.2 Å². The Balaban J connectivity index is 2.79. The lowest BCUT2D eigenvalue weighted by Gasteiger charge is -1.97. The molecule has 0 aliphatic carbocycles. The SMILES string of the molecule is CCc1sc2c(O)cccc2c1SC. The fourth-order valence-corrected chi connectivity index (χ4v) is 3.83. The molecule has 74 valence electrons. The summed E-state index contributed by atoms with van der Waals surface area (Å²) in [6.07, 6.45) is 3.12. The molecule has 0 aliphatic rings. The van der Waals surface area contributed by atoms with E-state index in [9.17, 15) is 5.11 Å². The van der Waals surface area contributed by atoms with Crippen molar-refractivity contribution in [1.82, 2.24) is 0 Å². The molecule has 0 saturated heterocycles.